The van der Waals surface area contributed by atoms with Gasteiger partial charge in [0.1, 0.15) is 16.7 Å². The SMILES string of the molecule is Cc1ccc(S(=O)(=O)Nc2ccc(SCc3nc(C(=O)NCC(=O)N4CC(F)(F)C[C@H]4C#N)cs3)cc2)cc1. The number of sulfonamides is 1. The molecule has 1 saturated heterocycles. The van der Waals surface area contributed by atoms with Crippen molar-refractivity contribution in [3.63, 3.8) is 0 Å². The van der Waals surface area contributed by atoms with Gasteiger partial charge in [-0.2, -0.15) is 5.26 Å². The Morgan fingerprint density at radius 3 is 2.56 bits per heavy atom. The van der Waals surface area contributed by atoms with Crippen LogP contribution < -0.4 is 10.0 Å². The third kappa shape index (κ3) is 7.31. The van der Waals surface area contributed by atoms with Gasteiger partial charge in [0.25, 0.3) is 21.9 Å². The zero-order valence-electron chi connectivity index (χ0n) is 20.6. The smallest absolute Gasteiger partial charge is 0.271 e. The van der Waals surface area contributed by atoms with Gasteiger partial charge in [-0.05, 0) is 43.3 Å². The summed E-state index contributed by atoms with van der Waals surface area (Å²) in [5.74, 6) is -4.07. The van der Waals surface area contributed by atoms with E-state index >= 15 is 0 Å². The number of hydrogen-bond acceptors (Lipinski definition) is 8. The highest BCUT2D eigenvalue weighted by molar-refractivity contribution is 7.98. The first-order valence-electron chi connectivity index (χ1n) is 11.6. The number of carbonyl (C=O) groups excluding carboxylic acids is 2. The number of nitrogens with one attached hydrogen (secondary N) is 2. The van der Waals surface area contributed by atoms with Gasteiger partial charge in [0.15, 0.2) is 0 Å². The van der Waals surface area contributed by atoms with Crippen LogP contribution >= 0.6 is 23.1 Å². The number of aromatic nitrogens is 1. The van der Waals surface area contributed by atoms with Crippen LogP contribution in [-0.4, -0.2) is 55.2 Å². The number of amides is 2. The van der Waals surface area contributed by atoms with E-state index in [0.29, 0.717) is 16.4 Å². The van der Waals surface area contributed by atoms with Crippen molar-refractivity contribution < 1.29 is 26.8 Å². The summed E-state index contributed by atoms with van der Waals surface area (Å²) in [7, 11) is -3.70. The van der Waals surface area contributed by atoms with Gasteiger partial charge in [-0.15, -0.1) is 23.1 Å². The second-order valence-corrected chi connectivity index (χ2v) is 12.4. The van der Waals surface area contributed by atoms with Gasteiger partial charge in [0.05, 0.1) is 29.8 Å². The minimum Gasteiger partial charge on any atom is -0.342 e. The maximum atomic E-state index is 13.5. The van der Waals surface area contributed by atoms with Gasteiger partial charge in [-0.25, -0.2) is 22.2 Å². The molecule has 1 atom stereocenters. The van der Waals surface area contributed by atoms with Crippen LogP contribution in [0.1, 0.15) is 27.5 Å². The van der Waals surface area contributed by atoms with E-state index in [1.165, 1.54) is 28.5 Å². The number of anilines is 1. The number of aryl methyl sites for hydroxylation is 1. The fraction of sp³-hybridized carbons (Fsp3) is 0.280. The highest BCUT2D eigenvalue weighted by Gasteiger charge is 2.47. The second kappa shape index (κ2) is 11.7. The topological polar surface area (TPSA) is 132 Å². The van der Waals surface area contributed by atoms with Crippen molar-refractivity contribution in [1.82, 2.24) is 15.2 Å². The Labute approximate surface area is 232 Å². The molecule has 2 heterocycles. The van der Waals surface area contributed by atoms with Crippen molar-refractivity contribution in [3.8, 4) is 6.07 Å². The lowest BCUT2D eigenvalue weighted by Crippen LogP contribution is -2.43. The minimum atomic E-state index is -3.70. The molecule has 0 saturated carbocycles. The Morgan fingerprint density at radius 1 is 1.21 bits per heavy atom. The number of hydrogen-bond donors (Lipinski definition) is 2. The van der Waals surface area contributed by atoms with Crippen molar-refractivity contribution in [3.05, 3.63) is 70.2 Å². The molecule has 2 N–H and O–H groups in total. The molecule has 0 spiro atoms. The molecule has 39 heavy (non-hydrogen) atoms. The third-order valence-corrected chi connectivity index (χ3v) is 9.18. The summed E-state index contributed by atoms with van der Waals surface area (Å²) in [6.45, 7) is 0.506. The summed E-state index contributed by atoms with van der Waals surface area (Å²) < 4.78 is 54.7. The van der Waals surface area contributed by atoms with Gasteiger partial charge in [-0.3, -0.25) is 14.3 Å². The molecule has 1 aliphatic rings. The van der Waals surface area contributed by atoms with Gasteiger partial charge >= 0.3 is 0 Å². The molecule has 1 fully saturated rings. The van der Waals surface area contributed by atoms with E-state index in [0.717, 1.165) is 15.4 Å². The maximum absolute atomic E-state index is 13.5. The van der Waals surface area contributed by atoms with Crippen LogP contribution in [0.15, 0.2) is 63.7 Å². The van der Waals surface area contributed by atoms with Gasteiger partial charge in [-0.1, -0.05) is 17.7 Å². The summed E-state index contributed by atoms with van der Waals surface area (Å²) in [4.78, 5) is 30.7. The van der Waals surface area contributed by atoms with E-state index in [-0.39, 0.29) is 10.6 Å². The Hall–Kier alpha value is -3.54. The van der Waals surface area contributed by atoms with Crippen LogP contribution in [0, 0.1) is 18.3 Å². The van der Waals surface area contributed by atoms with E-state index in [4.69, 9.17) is 5.26 Å². The molecule has 3 aromatic rings. The second-order valence-electron chi connectivity index (χ2n) is 8.77. The van der Waals surface area contributed by atoms with Crippen LogP contribution in [0.4, 0.5) is 14.5 Å². The van der Waals surface area contributed by atoms with Gasteiger partial charge in [0.2, 0.25) is 5.91 Å². The van der Waals surface area contributed by atoms with Crippen LogP contribution in [0.25, 0.3) is 0 Å². The molecular formula is C25H23F2N5O4S3. The number of benzene rings is 2. The zero-order valence-corrected chi connectivity index (χ0v) is 23.0. The predicted molar refractivity (Wildman–Crippen MR) is 143 cm³/mol. The number of thiazole rings is 1. The van der Waals surface area contributed by atoms with Crippen LogP contribution in [0.2, 0.25) is 0 Å². The number of halogens is 2. The molecular weight excluding hydrogens is 569 g/mol. The van der Waals surface area contributed by atoms with Crippen molar-refractivity contribution in [2.24, 2.45) is 0 Å². The molecule has 14 heteroatoms. The molecule has 0 aliphatic carbocycles. The lowest BCUT2D eigenvalue weighted by Gasteiger charge is -2.19. The van der Waals surface area contributed by atoms with Crippen molar-refractivity contribution in [2.75, 3.05) is 17.8 Å². The number of likely N-dealkylation sites (tertiary alicyclic amines) is 1. The van der Waals surface area contributed by atoms with E-state index in [1.807, 2.05) is 6.92 Å². The number of thioether (sulfide) groups is 1. The molecule has 2 aromatic carbocycles. The summed E-state index contributed by atoms with van der Waals surface area (Å²) >= 11 is 2.69. The lowest BCUT2D eigenvalue weighted by molar-refractivity contribution is -0.131. The number of nitriles is 1. The number of rotatable bonds is 9. The highest BCUT2D eigenvalue weighted by atomic mass is 32.2. The van der Waals surface area contributed by atoms with Crippen LogP contribution in [0.3, 0.4) is 0 Å². The summed E-state index contributed by atoms with van der Waals surface area (Å²) in [6.07, 6.45) is -0.720. The molecule has 4 rings (SSSR count). The lowest BCUT2D eigenvalue weighted by atomic mass is 10.2. The zero-order chi connectivity index (χ0) is 28.2. The monoisotopic (exact) mass is 591 g/mol. The predicted octanol–water partition coefficient (Wildman–Crippen LogP) is 4.03. The summed E-state index contributed by atoms with van der Waals surface area (Å²) in [6, 6.07) is 13.8. The van der Waals surface area contributed by atoms with Crippen molar-refractivity contribution in [2.45, 2.75) is 40.9 Å². The average Bonchev–Trinajstić information content (AvgIpc) is 3.50. The van der Waals surface area contributed by atoms with E-state index in [9.17, 15) is 26.8 Å². The fourth-order valence-electron chi connectivity index (χ4n) is 3.72. The first-order chi connectivity index (χ1) is 18.5. The molecule has 9 nitrogen and oxygen atoms in total. The van der Waals surface area contributed by atoms with Gasteiger partial charge in [0, 0.05) is 22.4 Å². The van der Waals surface area contributed by atoms with Crippen molar-refractivity contribution >= 4 is 50.6 Å². The standard InChI is InChI=1S/C25H23F2N5O4S3/c1-16-2-8-20(9-3-16)39(35,36)31-17-4-6-19(7-5-17)37-14-22-30-21(13-38-22)24(34)29-12-23(33)32-15-25(26,27)10-18(32)11-28/h2-9,13,18,31H,10,12,14-15H2,1H3,(H,29,34)/t18-/m0/s1. The highest BCUT2D eigenvalue weighted by Crippen LogP contribution is 2.31. The summed E-state index contributed by atoms with van der Waals surface area (Å²) in [5, 5.41) is 13.6. The van der Waals surface area contributed by atoms with Gasteiger partial charge < -0.3 is 10.2 Å². The van der Waals surface area contributed by atoms with E-state index < -0.39 is 53.3 Å². The first kappa shape index (κ1) is 28.5. The molecule has 0 bridgehead atoms. The molecule has 1 aliphatic heterocycles. The quantitative estimate of drug-likeness (QED) is 0.359. The summed E-state index contributed by atoms with van der Waals surface area (Å²) in [5.41, 5.74) is 1.47. The molecule has 2 amide bonds. The normalized spacial score (nSPS) is 16.5. The third-order valence-electron chi connectivity index (χ3n) is 5.72. The molecule has 0 radical (unpaired) electrons. The Balaban J connectivity index is 1.26. The van der Waals surface area contributed by atoms with Crippen LogP contribution in [0.5, 0.6) is 0 Å². The van der Waals surface area contributed by atoms with Crippen LogP contribution in [-0.2, 0) is 20.6 Å². The largest absolute Gasteiger partial charge is 0.342 e. The first-order valence-corrected chi connectivity index (χ1v) is 14.9. The number of alkyl halides is 2. The Morgan fingerprint density at radius 2 is 1.90 bits per heavy atom. The maximum Gasteiger partial charge on any atom is 0.271 e. The van der Waals surface area contributed by atoms with E-state index in [2.05, 4.69) is 15.0 Å². The Bertz CT molecular complexity index is 1500. The molecule has 1 aromatic heterocycles. The average molecular weight is 592 g/mol. The van der Waals surface area contributed by atoms with Crippen molar-refractivity contribution in [1.29, 1.82) is 5.26 Å². The minimum absolute atomic E-state index is 0.0906. The number of nitrogens with zero attached hydrogens (tertiary/aromatic N) is 3. The fourth-order valence-corrected chi connectivity index (χ4v) is 6.47. The molecule has 0 unspecified atom stereocenters. The Kier molecular flexibility index (Phi) is 8.53. The van der Waals surface area contributed by atoms with E-state index in [1.54, 1.807) is 54.6 Å². The number of carbonyl (C=O) groups is 2. The molecule has 204 valence electrons.